The molecule has 0 spiro atoms. The van der Waals surface area contributed by atoms with Crippen molar-refractivity contribution in [3.05, 3.63) is 0 Å². The Balaban J connectivity index is 4.17. The van der Waals surface area contributed by atoms with Gasteiger partial charge < -0.3 is 21.3 Å². The van der Waals surface area contributed by atoms with Crippen LogP contribution >= 0.6 is 0 Å². The first-order valence-electron chi connectivity index (χ1n) is 3.82. The first-order valence-corrected chi connectivity index (χ1v) is 3.82. The van der Waals surface area contributed by atoms with E-state index in [9.17, 15) is 9.59 Å². The van der Waals surface area contributed by atoms with Gasteiger partial charge in [0.25, 0.3) is 5.91 Å². The fourth-order valence-electron chi connectivity index (χ4n) is 0.669. The molecule has 0 aromatic heterocycles. The number of nitrogens with one attached hydrogen (secondary N) is 1. The molecule has 0 aromatic carbocycles. The van der Waals surface area contributed by atoms with Gasteiger partial charge in [-0.3, -0.25) is 9.59 Å². The predicted octanol–water partition coefficient (Wildman–Crippen LogP) is -2.28. The monoisotopic (exact) mass is 190 g/mol. The van der Waals surface area contributed by atoms with Gasteiger partial charge in [-0.1, -0.05) is 0 Å². The zero-order chi connectivity index (χ0) is 10.6. The molecule has 0 aliphatic carbocycles. The third-order valence-corrected chi connectivity index (χ3v) is 1.29. The van der Waals surface area contributed by atoms with Gasteiger partial charge in [0.2, 0.25) is 5.91 Å². The maximum absolute atomic E-state index is 11.0. The Hall–Kier alpha value is -1.14. The highest BCUT2D eigenvalue weighted by molar-refractivity contribution is 5.89. The number of hydrogen-bond acceptors (Lipinski definition) is 4. The van der Waals surface area contributed by atoms with Crippen molar-refractivity contribution in [2.45, 2.75) is 32.1 Å². The molecular formula is C7H14N2O4. The molecule has 0 aromatic rings. The second kappa shape index (κ2) is 4.78. The molecule has 6 heteroatoms. The zero-order valence-electron chi connectivity index (χ0n) is 7.52. The van der Waals surface area contributed by atoms with Crippen molar-refractivity contribution in [3.63, 3.8) is 0 Å². The van der Waals surface area contributed by atoms with Crippen molar-refractivity contribution in [2.24, 2.45) is 5.73 Å². The molecule has 5 N–H and O–H groups in total. The van der Waals surface area contributed by atoms with Crippen LogP contribution < -0.4 is 11.1 Å². The molecule has 0 saturated carbocycles. The first-order chi connectivity index (χ1) is 5.86. The Morgan fingerprint density at radius 1 is 1.23 bits per heavy atom. The van der Waals surface area contributed by atoms with Gasteiger partial charge in [-0.15, -0.1) is 0 Å². The Bertz CT molecular complexity index is 205. The summed E-state index contributed by atoms with van der Waals surface area (Å²) >= 11 is 0. The fourth-order valence-corrected chi connectivity index (χ4v) is 0.669. The van der Waals surface area contributed by atoms with E-state index in [2.05, 4.69) is 11.1 Å². The van der Waals surface area contributed by atoms with Gasteiger partial charge in [0, 0.05) is 6.04 Å². The Morgan fingerprint density at radius 2 is 1.69 bits per heavy atom. The number of aliphatic hydroxyl groups excluding tert-OH is 2. The van der Waals surface area contributed by atoms with Crippen molar-refractivity contribution in [2.75, 3.05) is 0 Å². The summed E-state index contributed by atoms with van der Waals surface area (Å²) in [6.07, 6.45) is -3.67. The first kappa shape index (κ1) is 11.9. The summed E-state index contributed by atoms with van der Waals surface area (Å²) in [4.78, 5) is 21.3. The van der Waals surface area contributed by atoms with Crippen LogP contribution in [0.4, 0.5) is 0 Å². The zero-order valence-corrected chi connectivity index (χ0v) is 7.52. The Kier molecular flexibility index (Phi) is 4.36. The Morgan fingerprint density at radius 3 is 2.00 bits per heavy atom. The summed E-state index contributed by atoms with van der Waals surface area (Å²) in [5.74, 6) is -1.95. The summed E-state index contributed by atoms with van der Waals surface area (Å²) in [6, 6.07) is -0.178. The van der Waals surface area contributed by atoms with Crippen LogP contribution in [-0.4, -0.2) is 40.3 Å². The normalized spacial score (nSPS) is 15.2. The predicted molar refractivity (Wildman–Crippen MR) is 44.5 cm³/mol. The van der Waals surface area contributed by atoms with E-state index in [1.165, 1.54) is 0 Å². The molecule has 0 heterocycles. The highest BCUT2D eigenvalue weighted by Crippen LogP contribution is 1.93. The van der Waals surface area contributed by atoms with E-state index >= 15 is 0 Å². The lowest BCUT2D eigenvalue weighted by atomic mass is 10.2. The van der Waals surface area contributed by atoms with Crippen LogP contribution in [0.2, 0.25) is 0 Å². The third-order valence-electron chi connectivity index (χ3n) is 1.29. The third kappa shape index (κ3) is 3.86. The van der Waals surface area contributed by atoms with Crippen LogP contribution in [0, 0.1) is 0 Å². The van der Waals surface area contributed by atoms with Crippen LogP contribution in [0.15, 0.2) is 0 Å². The maximum Gasteiger partial charge on any atom is 0.252 e. The van der Waals surface area contributed by atoms with Gasteiger partial charge >= 0.3 is 0 Å². The number of hydrogen-bond donors (Lipinski definition) is 4. The van der Waals surface area contributed by atoms with Crippen LogP contribution in [0.1, 0.15) is 13.8 Å². The van der Waals surface area contributed by atoms with Crippen molar-refractivity contribution >= 4 is 11.8 Å². The Labute approximate surface area is 75.7 Å². The maximum atomic E-state index is 11.0. The minimum absolute atomic E-state index is 0.178. The molecule has 0 bridgehead atoms. The number of carbonyl (C=O) groups excluding carboxylic acids is 2. The molecule has 76 valence electrons. The summed E-state index contributed by atoms with van der Waals surface area (Å²) in [5, 5.41) is 20.3. The molecule has 0 saturated heterocycles. The SMILES string of the molecule is CC(C)NC(=O)C(O)C(O)C(N)=O. The minimum atomic E-state index is -1.86. The molecule has 0 rings (SSSR count). The molecule has 6 nitrogen and oxygen atoms in total. The molecule has 2 unspecified atom stereocenters. The molecule has 0 aliphatic heterocycles. The van der Waals surface area contributed by atoms with E-state index in [-0.39, 0.29) is 6.04 Å². The topological polar surface area (TPSA) is 113 Å². The van der Waals surface area contributed by atoms with Crippen LogP contribution in [0.3, 0.4) is 0 Å². The van der Waals surface area contributed by atoms with Gasteiger partial charge in [-0.05, 0) is 13.8 Å². The lowest BCUT2D eigenvalue weighted by Gasteiger charge is -2.16. The lowest BCUT2D eigenvalue weighted by Crippen LogP contribution is -2.49. The number of primary amides is 1. The number of aliphatic hydroxyl groups is 2. The van der Waals surface area contributed by atoms with E-state index in [4.69, 9.17) is 10.2 Å². The van der Waals surface area contributed by atoms with E-state index < -0.39 is 24.0 Å². The van der Waals surface area contributed by atoms with Crippen LogP contribution in [-0.2, 0) is 9.59 Å². The molecule has 2 atom stereocenters. The fraction of sp³-hybridized carbons (Fsp3) is 0.714. The average Bonchev–Trinajstić information content (AvgIpc) is 2.00. The number of rotatable bonds is 4. The largest absolute Gasteiger partial charge is 0.380 e. The van der Waals surface area contributed by atoms with Crippen LogP contribution in [0.25, 0.3) is 0 Å². The lowest BCUT2D eigenvalue weighted by molar-refractivity contribution is -0.144. The van der Waals surface area contributed by atoms with Gasteiger partial charge in [0.15, 0.2) is 12.2 Å². The molecule has 0 radical (unpaired) electrons. The molecular weight excluding hydrogens is 176 g/mol. The van der Waals surface area contributed by atoms with Crippen LogP contribution in [0.5, 0.6) is 0 Å². The quantitative estimate of drug-likeness (QED) is 0.400. The smallest absolute Gasteiger partial charge is 0.252 e. The van der Waals surface area contributed by atoms with Gasteiger partial charge in [0.1, 0.15) is 0 Å². The van der Waals surface area contributed by atoms with Gasteiger partial charge in [0.05, 0.1) is 0 Å². The second-order valence-corrected chi connectivity index (χ2v) is 2.96. The van der Waals surface area contributed by atoms with Crippen molar-refractivity contribution in [1.82, 2.24) is 5.32 Å². The second-order valence-electron chi connectivity index (χ2n) is 2.96. The highest BCUT2D eigenvalue weighted by atomic mass is 16.3. The van der Waals surface area contributed by atoms with Gasteiger partial charge in [-0.2, -0.15) is 0 Å². The molecule has 0 fully saturated rings. The summed E-state index contributed by atoms with van der Waals surface area (Å²) in [7, 11) is 0. The summed E-state index contributed by atoms with van der Waals surface area (Å²) in [6.45, 7) is 3.36. The van der Waals surface area contributed by atoms with Crippen molar-refractivity contribution in [3.8, 4) is 0 Å². The van der Waals surface area contributed by atoms with Crippen molar-refractivity contribution in [1.29, 1.82) is 0 Å². The van der Waals surface area contributed by atoms with E-state index in [1.54, 1.807) is 13.8 Å². The summed E-state index contributed by atoms with van der Waals surface area (Å²) < 4.78 is 0. The molecule has 13 heavy (non-hydrogen) atoms. The molecule has 2 amide bonds. The van der Waals surface area contributed by atoms with E-state index in [0.717, 1.165) is 0 Å². The van der Waals surface area contributed by atoms with E-state index in [1.807, 2.05) is 0 Å². The summed E-state index contributed by atoms with van der Waals surface area (Å²) in [5.41, 5.74) is 4.68. The van der Waals surface area contributed by atoms with E-state index in [0.29, 0.717) is 0 Å². The molecule has 0 aliphatic rings. The highest BCUT2D eigenvalue weighted by Gasteiger charge is 2.28. The number of carbonyl (C=O) groups is 2. The van der Waals surface area contributed by atoms with Gasteiger partial charge in [-0.25, -0.2) is 0 Å². The number of amides is 2. The van der Waals surface area contributed by atoms with Crippen molar-refractivity contribution < 1.29 is 19.8 Å². The minimum Gasteiger partial charge on any atom is -0.380 e. The average molecular weight is 190 g/mol. The standard InChI is InChI=1S/C7H14N2O4/c1-3(2)9-7(13)5(11)4(10)6(8)12/h3-5,10-11H,1-2H3,(H2,8,12)(H,9,13). The number of nitrogens with two attached hydrogens (primary N) is 1.